The van der Waals surface area contributed by atoms with E-state index in [0.29, 0.717) is 52.9 Å². The molecule has 0 saturated heterocycles. The molecular weight excluding hydrogens is 268 g/mol. The van der Waals surface area contributed by atoms with E-state index in [1.165, 1.54) is 0 Å². The largest absolute Gasteiger partial charge is 0.382 e. The van der Waals surface area contributed by atoms with Crippen LogP contribution in [0.3, 0.4) is 0 Å². The van der Waals surface area contributed by atoms with E-state index in [2.05, 4.69) is 0 Å². The smallest absolute Gasteiger partial charge is 0.104 e. The molecule has 8 heteroatoms. The first-order chi connectivity index (χ1) is 9.85. The summed E-state index contributed by atoms with van der Waals surface area (Å²) in [6.07, 6.45) is -0.152. The highest BCUT2D eigenvalue weighted by Gasteiger charge is 2.10. The Morgan fingerprint density at radius 2 is 1.20 bits per heavy atom. The molecule has 0 amide bonds. The predicted molar refractivity (Wildman–Crippen MR) is 73.3 cm³/mol. The zero-order valence-corrected chi connectivity index (χ0v) is 12.3. The summed E-state index contributed by atoms with van der Waals surface area (Å²) in [5.41, 5.74) is 10.4. The van der Waals surface area contributed by atoms with E-state index in [-0.39, 0.29) is 19.6 Å². The van der Waals surface area contributed by atoms with Gasteiger partial charge in [-0.15, -0.1) is 0 Å². The summed E-state index contributed by atoms with van der Waals surface area (Å²) in [4.78, 5) is 0. The molecule has 0 rings (SSSR count). The molecule has 122 valence electrons. The molecule has 0 aromatic heterocycles. The molecule has 4 N–H and O–H groups in total. The average Bonchev–Trinajstić information content (AvgIpc) is 2.46. The van der Waals surface area contributed by atoms with E-state index < -0.39 is 0 Å². The van der Waals surface area contributed by atoms with Crippen LogP contribution in [0.2, 0.25) is 0 Å². The monoisotopic (exact) mass is 296 g/mol. The molecule has 0 heterocycles. The van der Waals surface area contributed by atoms with Gasteiger partial charge < -0.3 is 39.9 Å². The quantitative estimate of drug-likeness (QED) is 0.273. The van der Waals surface area contributed by atoms with Gasteiger partial charge in [-0.3, -0.25) is 0 Å². The van der Waals surface area contributed by atoms with Gasteiger partial charge in [0.25, 0.3) is 0 Å². The molecule has 20 heavy (non-hydrogen) atoms. The van der Waals surface area contributed by atoms with Gasteiger partial charge in [0.15, 0.2) is 0 Å². The van der Waals surface area contributed by atoms with Gasteiger partial charge in [-0.05, 0) is 0 Å². The maximum atomic E-state index is 5.59. The Morgan fingerprint density at radius 1 is 0.700 bits per heavy atom. The summed E-state index contributed by atoms with van der Waals surface area (Å²) in [5, 5.41) is 0. The Labute approximate surface area is 120 Å². The second kappa shape index (κ2) is 16.7. The zero-order chi connectivity index (χ0) is 14.9. The molecule has 8 nitrogen and oxygen atoms in total. The maximum Gasteiger partial charge on any atom is 0.104 e. The van der Waals surface area contributed by atoms with Crippen molar-refractivity contribution in [1.29, 1.82) is 0 Å². The van der Waals surface area contributed by atoms with Crippen molar-refractivity contribution >= 4 is 0 Å². The molecular formula is C12H28N2O6. The molecule has 0 fully saturated rings. The van der Waals surface area contributed by atoms with E-state index in [4.69, 9.17) is 39.9 Å². The lowest BCUT2D eigenvalue weighted by atomic mass is 10.4. The second-order valence-corrected chi connectivity index (χ2v) is 3.79. The van der Waals surface area contributed by atoms with Gasteiger partial charge in [-0.2, -0.15) is 0 Å². The Morgan fingerprint density at radius 3 is 1.65 bits per heavy atom. The fraction of sp³-hybridized carbons (Fsp3) is 1.00. The van der Waals surface area contributed by atoms with Crippen molar-refractivity contribution in [3.63, 3.8) is 0 Å². The number of hydrogen-bond acceptors (Lipinski definition) is 8. The fourth-order valence-corrected chi connectivity index (χ4v) is 1.27. The summed E-state index contributed by atoms with van der Waals surface area (Å²) in [6, 6.07) is 0. The normalized spacial score (nSPS) is 11.4. The standard InChI is InChI=1S/C12H28N2O6/c1-15-2-7-20-12(8-16-3-5-18-10-13)9-17-4-6-19-11-14/h12H,2-11,13-14H2,1H3. The maximum absolute atomic E-state index is 5.59. The first-order valence-corrected chi connectivity index (χ1v) is 6.66. The van der Waals surface area contributed by atoms with E-state index in [9.17, 15) is 0 Å². The van der Waals surface area contributed by atoms with Crippen LogP contribution in [0, 0.1) is 0 Å². The number of methoxy groups -OCH3 is 1. The van der Waals surface area contributed by atoms with Crippen molar-refractivity contribution in [3.8, 4) is 0 Å². The van der Waals surface area contributed by atoms with Crippen LogP contribution in [0.1, 0.15) is 0 Å². The lowest BCUT2D eigenvalue weighted by Gasteiger charge is -2.18. The van der Waals surface area contributed by atoms with Crippen LogP contribution < -0.4 is 11.5 Å². The zero-order valence-electron chi connectivity index (χ0n) is 12.3. The summed E-state index contributed by atoms with van der Waals surface area (Å²) in [6.45, 7) is 4.14. The molecule has 0 aromatic rings. The molecule has 0 radical (unpaired) electrons. The van der Waals surface area contributed by atoms with E-state index in [1.807, 2.05) is 0 Å². The molecule has 0 bridgehead atoms. The molecule has 0 aliphatic heterocycles. The summed E-state index contributed by atoms with van der Waals surface area (Å²) in [5.74, 6) is 0. The van der Waals surface area contributed by atoms with Gasteiger partial charge in [0.05, 0.1) is 66.3 Å². The molecule has 0 aliphatic carbocycles. The third kappa shape index (κ3) is 14.1. The van der Waals surface area contributed by atoms with Gasteiger partial charge in [-0.1, -0.05) is 0 Å². The van der Waals surface area contributed by atoms with Gasteiger partial charge in [0.1, 0.15) is 6.10 Å². The Balaban J connectivity index is 3.64. The number of ether oxygens (including phenoxy) is 6. The fourth-order valence-electron chi connectivity index (χ4n) is 1.27. The van der Waals surface area contributed by atoms with Gasteiger partial charge >= 0.3 is 0 Å². The average molecular weight is 296 g/mol. The minimum Gasteiger partial charge on any atom is -0.382 e. The molecule has 0 unspecified atom stereocenters. The van der Waals surface area contributed by atoms with Crippen molar-refractivity contribution in [2.45, 2.75) is 6.10 Å². The second-order valence-electron chi connectivity index (χ2n) is 3.79. The van der Waals surface area contributed by atoms with Crippen LogP contribution in [-0.2, 0) is 28.4 Å². The highest BCUT2D eigenvalue weighted by Crippen LogP contribution is 1.96. The third-order valence-electron chi connectivity index (χ3n) is 2.23. The van der Waals surface area contributed by atoms with E-state index in [0.717, 1.165) is 0 Å². The predicted octanol–water partition coefficient (Wildman–Crippen LogP) is -1.08. The highest BCUT2D eigenvalue weighted by molar-refractivity contribution is 4.56. The Bertz CT molecular complexity index is 173. The van der Waals surface area contributed by atoms with Crippen molar-refractivity contribution < 1.29 is 28.4 Å². The molecule has 0 aromatic carbocycles. The summed E-state index contributed by atoms with van der Waals surface area (Å²) < 4.78 is 31.3. The van der Waals surface area contributed by atoms with Crippen molar-refractivity contribution in [3.05, 3.63) is 0 Å². The van der Waals surface area contributed by atoms with E-state index in [1.54, 1.807) is 7.11 Å². The highest BCUT2D eigenvalue weighted by atomic mass is 16.6. The van der Waals surface area contributed by atoms with Crippen LogP contribution in [0.15, 0.2) is 0 Å². The lowest BCUT2D eigenvalue weighted by molar-refractivity contribution is -0.0805. The van der Waals surface area contributed by atoms with Gasteiger partial charge in [0, 0.05) is 7.11 Å². The van der Waals surface area contributed by atoms with Gasteiger partial charge in [-0.25, -0.2) is 0 Å². The van der Waals surface area contributed by atoms with Crippen molar-refractivity contribution in [2.24, 2.45) is 11.5 Å². The van der Waals surface area contributed by atoms with Crippen LogP contribution in [0.5, 0.6) is 0 Å². The number of rotatable bonds is 16. The first kappa shape index (κ1) is 19.7. The lowest BCUT2D eigenvalue weighted by Crippen LogP contribution is -2.28. The number of nitrogens with two attached hydrogens (primary N) is 2. The molecule has 0 saturated carbocycles. The topological polar surface area (TPSA) is 107 Å². The van der Waals surface area contributed by atoms with Gasteiger partial charge in [0.2, 0.25) is 0 Å². The van der Waals surface area contributed by atoms with E-state index >= 15 is 0 Å². The summed E-state index contributed by atoms with van der Waals surface area (Å²) >= 11 is 0. The first-order valence-electron chi connectivity index (χ1n) is 6.66. The minimum atomic E-state index is -0.152. The van der Waals surface area contributed by atoms with Crippen molar-refractivity contribution in [1.82, 2.24) is 0 Å². The van der Waals surface area contributed by atoms with Crippen molar-refractivity contribution in [2.75, 3.05) is 73.4 Å². The SMILES string of the molecule is COCCOC(COCCOCN)COCCOCN. The van der Waals surface area contributed by atoms with Crippen LogP contribution in [-0.4, -0.2) is 79.5 Å². The van der Waals surface area contributed by atoms with Crippen LogP contribution >= 0.6 is 0 Å². The minimum absolute atomic E-state index is 0.152. The Hall–Kier alpha value is -0.320. The molecule has 0 aliphatic rings. The van der Waals surface area contributed by atoms with Crippen LogP contribution in [0.25, 0.3) is 0 Å². The number of hydrogen-bond donors (Lipinski definition) is 2. The molecule has 0 atom stereocenters. The third-order valence-corrected chi connectivity index (χ3v) is 2.23. The molecule has 0 spiro atoms. The summed E-state index contributed by atoms with van der Waals surface area (Å²) in [7, 11) is 1.62. The van der Waals surface area contributed by atoms with Crippen LogP contribution in [0.4, 0.5) is 0 Å². The Kier molecular flexibility index (Phi) is 16.5.